The molecule has 0 aliphatic carbocycles. The fraction of sp³-hybridized carbons (Fsp3) is 0.185. The van der Waals surface area contributed by atoms with E-state index in [0.717, 1.165) is 6.42 Å². The predicted octanol–water partition coefficient (Wildman–Crippen LogP) is 7.22. The molecule has 0 radical (unpaired) electrons. The first-order valence-corrected chi connectivity index (χ1v) is 10.2. The zero-order chi connectivity index (χ0) is 19.1. The van der Waals surface area contributed by atoms with Gasteiger partial charge in [0.15, 0.2) is 0 Å². The minimum absolute atomic E-state index is 0.541. The maximum atomic E-state index is 2.40. The van der Waals surface area contributed by atoms with Gasteiger partial charge >= 0.3 is 0 Å². The molecule has 4 aromatic carbocycles. The Bertz CT molecular complexity index is 1280. The molecular formula is C27H25N. The number of nitrogens with zero attached hydrogens (tertiary/aromatic N) is 1. The molecule has 5 rings (SSSR count). The summed E-state index contributed by atoms with van der Waals surface area (Å²) in [6, 6.07) is 31.1. The normalized spacial score (nSPS) is 12.8. The Morgan fingerprint density at radius 3 is 2.39 bits per heavy atom. The number of fused-ring (bicyclic) bond motifs is 5. The number of aromatic nitrogens is 1. The summed E-state index contributed by atoms with van der Waals surface area (Å²) in [5.41, 5.74) is 5.49. The highest BCUT2D eigenvalue weighted by atomic mass is 14.9. The monoisotopic (exact) mass is 363 g/mol. The standard InChI is InChI=1S/C27H25N/c1-19(12-13-20-8-4-3-5-9-20)22-14-16-24-26(18-22)28(2)25-17-15-21-10-6-7-11-23(21)27(24)25/h3-11,14-19H,12-13H2,1-2H3. The van der Waals surface area contributed by atoms with E-state index in [-0.39, 0.29) is 0 Å². The Morgan fingerprint density at radius 2 is 1.54 bits per heavy atom. The van der Waals surface area contributed by atoms with Crippen LogP contribution in [0.15, 0.2) is 84.9 Å². The van der Waals surface area contributed by atoms with Crippen molar-refractivity contribution in [3.63, 3.8) is 0 Å². The lowest BCUT2D eigenvalue weighted by Gasteiger charge is -2.12. The van der Waals surface area contributed by atoms with Gasteiger partial charge < -0.3 is 4.57 Å². The molecule has 1 unspecified atom stereocenters. The van der Waals surface area contributed by atoms with Crippen molar-refractivity contribution in [2.75, 3.05) is 0 Å². The minimum atomic E-state index is 0.541. The minimum Gasteiger partial charge on any atom is -0.344 e. The number of benzene rings is 4. The molecule has 1 nitrogen and oxygen atoms in total. The topological polar surface area (TPSA) is 4.93 Å². The molecule has 5 aromatic rings. The SMILES string of the molecule is CC(CCc1ccccc1)c1ccc2c3c4ccccc4ccc3n(C)c2c1. The van der Waals surface area contributed by atoms with E-state index in [9.17, 15) is 0 Å². The fourth-order valence-corrected chi connectivity index (χ4v) is 4.49. The molecule has 1 heteroatoms. The molecule has 0 amide bonds. The number of hydrogen-bond donors (Lipinski definition) is 0. The van der Waals surface area contributed by atoms with Crippen LogP contribution < -0.4 is 0 Å². The first-order valence-electron chi connectivity index (χ1n) is 10.2. The quantitative estimate of drug-likeness (QED) is 0.317. The first kappa shape index (κ1) is 17.1. The average Bonchev–Trinajstić information content (AvgIpc) is 3.05. The van der Waals surface area contributed by atoms with E-state index in [0.29, 0.717) is 5.92 Å². The molecule has 0 saturated heterocycles. The van der Waals surface area contributed by atoms with Crippen molar-refractivity contribution in [2.45, 2.75) is 25.7 Å². The van der Waals surface area contributed by atoms with Crippen molar-refractivity contribution < 1.29 is 0 Å². The third-order valence-electron chi connectivity index (χ3n) is 6.20. The maximum absolute atomic E-state index is 2.40. The van der Waals surface area contributed by atoms with Gasteiger partial charge in [0.05, 0.1) is 0 Å². The van der Waals surface area contributed by atoms with Gasteiger partial charge in [0, 0.05) is 28.9 Å². The van der Waals surface area contributed by atoms with Gasteiger partial charge in [0.2, 0.25) is 0 Å². The molecule has 0 saturated carbocycles. The smallest absolute Gasteiger partial charge is 0.0495 e. The highest BCUT2D eigenvalue weighted by Gasteiger charge is 2.13. The first-order chi connectivity index (χ1) is 13.7. The molecule has 0 fully saturated rings. The molecule has 0 bridgehead atoms. The van der Waals surface area contributed by atoms with Crippen LogP contribution in [0.2, 0.25) is 0 Å². The van der Waals surface area contributed by atoms with Crippen molar-refractivity contribution in [1.82, 2.24) is 4.57 Å². The molecule has 0 aliphatic rings. The van der Waals surface area contributed by atoms with Crippen LogP contribution in [0.5, 0.6) is 0 Å². The molecule has 138 valence electrons. The van der Waals surface area contributed by atoms with Crippen LogP contribution in [-0.2, 0) is 13.5 Å². The zero-order valence-corrected chi connectivity index (χ0v) is 16.5. The Kier molecular flexibility index (Phi) is 4.16. The number of hydrogen-bond acceptors (Lipinski definition) is 0. The van der Waals surface area contributed by atoms with Gasteiger partial charge in [0.25, 0.3) is 0 Å². The summed E-state index contributed by atoms with van der Waals surface area (Å²) in [5.74, 6) is 0.541. The average molecular weight is 364 g/mol. The Balaban J connectivity index is 1.56. The fourth-order valence-electron chi connectivity index (χ4n) is 4.49. The van der Waals surface area contributed by atoms with Gasteiger partial charge in [-0.05, 0) is 52.8 Å². The lowest BCUT2D eigenvalue weighted by Crippen LogP contribution is -1.97. The lowest BCUT2D eigenvalue weighted by molar-refractivity contribution is 0.680. The van der Waals surface area contributed by atoms with E-state index in [1.54, 1.807) is 0 Å². The van der Waals surface area contributed by atoms with E-state index in [1.165, 1.54) is 50.1 Å². The highest BCUT2D eigenvalue weighted by molar-refractivity contribution is 6.20. The number of rotatable bonds is 4. The molecule has 0 spiro atoms. The van der Waals surface area contributed by atoms with Crippen LogP contribution in [-0.4, -0.2) is 4.57 Å². The van der Waals surface area contributed by atoms with Crippen molar-refractivity contribution in [3.8, 4) is 0 Å². The van der Waals surface area contributed by atoms with Gasteiger partial charge in [-0.15, -0.1) is 0 Å². The number of aryl methyl sites for hydroxylation is 2. The van der Waals surface area contributed by atoms with Crippen LogP contribution in [0.25, 0.3) is 32.6 Å². The van der Waals surface area contributed by atoms with Gasteiger partial charge in [-0.3, -0.25) is 0 Å². The van der Waals surface area contributed by atoms with Crippen LogP contribution >= 0.6 is 0 Å². The Morgan fingerprint density at radius 1 is 0.750 bits per heavy atom. The molecule has 1 aromatic heterocycles. The van der Waals surface area contributed by atoms with Crippen molar-refractivity contribution >= 4 is 32.6 Å². The van der Waals surface area contributed by atoms with E-state index in [4.69, 9.17) is 0 Å². The second kappa shape index (κ2) is 6.83. The summed E-state index contributed by atoms with van der Waals surface area (Å²) in [5, 5.41) is 5.38. The lowest BCUT2D eigenvalue weighted by atomic mass is 9.93. The van der Waals surface area contributed by atoms with Crippen LogP contribution in [0, 0.1) is 0 Å². The van der Waals surface area contributed by atoms with Gasteiger partial charge in [-0.25, -0.2) is 0 Å². The molecule has 28 heavy (non-hydrogen) atoms. The summed E-state index contributed by atoms with van der Waals surface area (Å²) in [4.78, 5) is 0. The predicted molar refractivity (Wildman–Crippen MR) is 121 cm³/mol. The Labute approximate surface area is 166 Å². The third-order valence-corrected chi connectivity index (χ3v) is 6.20. The largest absolute Gasteiger partial charge is 0.344 e. The highest BCUT2D eigenvalue weighted by Crippen LogP contribution is 2.35. The maximum Gasteiger partial charge on any atom is 0.0495 e. The summed E-state index contributed by atoms with van der Waals surface area (Å²) >= 11 is 0. The molecule has 1 atom stereocenters. The van der Waals surface area contributed by atoms with Gasteiger partial charge in [-0.1, -0.05) is 79.7 Å². The van der Waals surface area contributed by atoms with E-state index in [2.05, 4.69) is 103 Å². The Hall–Kier alpha value is -3.06. The molecule has 1 heterocycles. The zero-order valence-electron chi connectivity index (χ0n) is 16.5. The second-order valence-electron chi connectivity index (χ2n) is 7.94. The van der Waals surface area contributed by atoms with Crippen molar-refractivity contribution in [3.05, 3.63) is 96.1 Å². The molecular weight excluding hydrogens is 338 g/mol. The second-order valence-corrected chi connectivity index (χ2v) is 7.94. The van der Waals surface area contributed by atoms with E-state index in [1.807, 2.05) is 0 Å². The van der Waals surface area contributed by atoms with E-state index < -0.39 is 0 Å². The van der Waals surface area contributed by atoms with Crippen molar-refractivity contribution in [2.24, 2.45) is 7.05 Å². The van der Waals surface area contributed by atoms with Gasteiger partial charge in [-0.2, -0.15) is 0 Å². The summed E-state index contributed by atoms with van der Waals surface area (Å²) in [6.07, 6.45) is 2.29. The van der Waals surface area contributed by atoms with Crippen LogP contribution in [0.1, 0.15) is 30.4 Å². The summed E-state index contributed by atoms with van der Waals surface area (Å²) in [7, 11) is 2.19. The van der Waals surface area contributed by atoms with Gasteiger partial charge in [0.1, 0.15) is 0 Å². The summed E-state index contributed by atoms with van der Waals surface area (Å²) < 4.78 is 2.35. The molecule has 0 N–H and O–H groups in total. The third kappa shape index (κ3) is 2.79. The summed E-state index contributed by atoms with van der Waals surface area (Å²) in [6.45, 7) is 2.35. The van der Waals surface area contributed by atoms with E-state index >= 15 is 0 Å². The molecule has 0 aliphatic heterocycles. The van der Waals surface area contributed by atoms with Crippen LogP contribution in [0.4, 0.5) is 0 Å². The van der Waals surface area contributed by atoms with Crippen LogP contribution in [0.3, 0.4) is 0 Å². The van der Waals surface area contributed by atoms with Crippen molar-refractivity contribution in [1.29, 1.82) is 0 Å².